The molecule has 2 heterocycles. The summed E-state index contributed by atoms with van der Waals surface area (Å²) in [6, 6.07) is 9.77. The molecular formula is C19H24N4O2. The Morgan fingerprint density at radius 3 is 2.84 bits per heavy atom. The molecule has 1 aromatic carbocycles. The van der Waals surface area contributed by atoms with E-state index in [-0.39, 0.29) is 24.5 Å². The molecule has 0 aliphatic carbocycles. The SMILES string of the molecule is Cc1cnn(C[C@H](C)NCC(=O)N[C@@H](C)c2cc3ccccc3o2)c1. The van der Waals surface area contributed by atoms with Crippen LogP contribution in [-0.4, -0.2) is 28.3 Å². The van der Waals surface area contributed by atoms with Crippen molar-refractivity contribution < 1.29 is 9.21 Å². The summed E-state index contributed by atoms with van der Waals surface area (Å²) in [6.45, 7) is 6.94. The number of nitrogens with zero attached hydrogens (tertiary/aromatic N) is 2. The highest BCUT2D eigenvalue weighted by Gasteiger charge is 2.14. The van der Waals surface area contributed by atoms with Gasteiger partial charge in [-0.25, -0.2) is 0 Å². The number of hydrogen-bond donors (Lipinski definition) is 2. The lowest BCUT2D eigenvalue weighted by molar-refractivity contribution is -0.121. The first-order chi connectivity index (χ1) is 12.0. The fraction of sp³-hybridized carbons (Fsp3) is 0.368. The molecule has 1 amide bonds. The fourth-order valence-corrected chi connectivity index (χ4v) is 2.76. The van der Waals surface area contributed by atoms with Crippen molar-refractivity contribution in [2.45, 2.75) is 39.4 Å². The molecule has 132 valence electrons. The number of furan rings is 1. The minimum absolute atomic E-state index is 0.0588. The maximum Gasteiger partial charge on any atom is 0.234 e. The highest BCUT2D eigenvalue weighted by molar-refractivity contribution is 5.80. The van der Waals surface area contributed by atoms with E-state index in [9.17, 15) is 4.79 Å². The third-order valence-corrected chi connectivity index (χ3v) is 4.08. The summed E-state index contributed by atoms with van der Waals surface area (Å²) in [5.74, 6) is 0.700. The van der Waals surface area contributed by atoms with E-state index in [1.807, 2.05) is 68.2 Å². The van der Waals surface area contributed by atoms with Crippen molar-refractivity contribution in [3.8, 4) is 0 Å². The highest BCUT2D eigenvalue weighted by atomic mass is 16.3. The van der Waals surface area contributed by atoms with Crippen molar-refractivity contribution in [2.24, 2.45) is 0 Å². The summed E-state index contributed by atoms with van der Waals surface area (Å²) in [5.41, 5.74) is 1.96. The number of nitrogens with one attached hydrogen (secondary N) is 2. The minimum atomic E-state index is -0.175. The largest absolute Gasteiger partial charge is 0.459 e. The van der Waals surface area contributed by atoms with Crippen molar-refractivity contribution in [1.82, 2.24) is 20.4 Å². The monoisotopic (exact) mass is 340 g/mol. The lowest BCUT2D eigenvalue weighted by Gasteiger charge is -2.15. The van der Waals surface area contributed by atoms with Crippen LogP contribution in [0.15, 0.2) is 47.1 Å². The summed E-state index contributed by atoms with van der Waals surface area (Å²) in [6.07, 6.45) is 3.82. The zero-order chi connectivity index (χ0) is 17.8. The predicted octanol–water partition coefficient (Wildman–Crippen LogP) is 2.79. The van der Waals surface area contributed by atoms with Gasteiger partial charge in [-0.1, -0.05) is 18.2 Å². The van der Waals surface area contributed by atoms with E-state index >= 15 is 0 Å². The van der Waals surface area contributed by atoms with E-state index in [0.717, 1.165) is 28.8 Å². The molecule has 0 saturated heterocycles. The second-order valence-electron chi connectivity index (χ2n) is 6.50. The Labute approximate surface area is 147 Å². The van der Waals surface area contributed by atoms with Crippen molar-refractivity contribution >= 4 is 16.9 Å². The summed E-state index contributed by atoms with van der Waals surface area (Å²) in [5, 5.41) is 11.5. The van der Waals surface area contributed by atoms with Crippen molar-refractivity contribution in [3.63, 3.8) is 0 Å². The predicted molar refractivity (Wildman–Crippen MR) is 97.2 cm³/mol. The van der Waals surface area contributed by atoms with Crippen LogP contribution >= 0.6 is 0 Å². The van der Waals surface area contributed by atoms with Crippen LogP contribution in [0.3, 0.4) is 0 Å². The van der Waals surface area contributed by atoms with E-state index < -0.39 is 0 Å². The van der Waals surface area contributed by atoms with Gasteiger partial charge in [0.25, 0.3) is 0 Å². The number of para-hydroxylation sites is 1. The van der Waals surface area contributed by atoms with Crippen LogP contribution in [0.5, 0.6) is 0 Å². The number of carbonyl (C=O) groups is 1. The first-order valence-electron chi connectivity index (χ1n) is 8.51. The standard InChI is InChI=1S/C19H24N4O2/c1-13-9-21-23(11-13)12-14(2)20-10-19(24)22-15(3)18-8-16-6-4-5-7-17(16)25-18/h4-9,11,14-15,20H,10,12H2,1-3H3,(H,22,24)/t14-,15-/m0/s1. The molecule has 0 bridgehead atoms. The van der Waals surface area contributed by atoms with E-state index in [1.54, 1.807) is 0 Å². The van der Waals surface area contributed by atoms with E-state index in [2.05, 4.69) is 15.7 Å². The average Bonchev–Trinajstić information content (AvgIpc) is 3.19. The molecular weight excluding hydrogens is 316 g/mol. The van der Waals surface area contributed by atoms with E-state index in [0.29, 0.717) is 0 Å². The summed E-state index contributed by atoms with van der Waals surface area (Å²) < 4.78 is 7.67. The number of fused-ring (bicyclic) bond motifs is 1. The number of amides is 1. The first kappa shape index (κ1) is 17.2. The van der Waals surface area contributed by atoms with Gasteiger partial charge in [0.05, 0.1) is 25.3 Å². The van der Waals surface area contributed by atoms with Crippen LogP contribution in [0, 0.1) is 6.92 Å². The second-order valence-corrected chi connectivity index (χ2v) is 6.50. The van der Waals surface area contributed by atoms with Gasteiger partial charge < -0.3 is 15.1 Å². The molecule has 25 heavy (non-hydrogen) atoms. The van der Waals surface area contributed by atoms with Gasteiger partial charge in [0.2, 0.25) is 5.91 Å². The number of rotatable bonds is 7. The van der Waals surface area contributed by atoms with Gasteiger partial charge in [0.1, 0.15) is 11.3 Å². The fourth-order valence-electron chi connectivity index (χ4n) is 2.76. The van der Waals surface area contributed by atoms with Gasteiger partial charge in [0, 0.05) is 17.6 Å². The smallest absolute Gasteiger partial charge is 0.234 e. The molecule has 0 fully saturated rings. The van der Waals surface area contributed by atoms with Crippen molar-refractivity contribution in [1.29, 1.82) is 0 Å². The number of carbonyl (C=O) groups excluding carboxylic acids is 1. The minimum Gasteiger partial charge on any atom is -0.459 e. The maximum atomic E-state index is 12.2. The zero-order valence-electron chi connectivity index (χ0n) is 14.8. The van der Waals surface area contributed by atoms with Crippen molar-refractivity contribution in [2.75, 3.05) is 6.54 Å². The first-order valence-corrected chi connectivity index (χ1v) is 8.51. The molecule has 6 nitrogen and oxygen atoms in total. The molecule has 0 unspecified atom stereocenters. The van der Waals surface area contributed by atoms with E-state index in [4.69, 9.17) is 4.42 Å². The Bertz CT molecular complexity index is 819. The molecule has 0 radical (unpaired) electrons. The zero-order valence-corrected chi connectivity index (χ0v) is 14.8. The third kappa shape index (κ3) is 4.48. The van der Waals surface area contributed by atoms with Gasteiger partial charge in [-0.15, -0.1) is 0 Å². The normalized spacial score (nSPS) is 13.7. The Kier molecular flexibility index (Phi) is 5.19. The average molecular weight is 340 g/mol. The van der Waals surface area contributed by atoms with Crippen LogP contribution in [-0.2, 0) is 11.3 Å². The molecule has 2 atom stereocenters. The number of aromatic nitrogens is 2. The molecule has 3 aromatic rings. The molecule has 2 aromatic heterocycles. The number of aryl methyl sites for hydroxylation is 1. The summed E-state index contributed by atoms with van der Waals surface area (Å²) in [4.78, 5) is 12.2. The lowest BCUT2D eigenvalue weighted by atomic mass is 10.2. The van der Waals surface area contributed by atoms with Crippen LogP contribution < -0.4 is 10.6 Å². The van der Waals surface area contributed by atoms with Gasteiger partial charge in [-0.05, 0) is 38.5 Å². The summed E-state index contributed by atoms with van der Waals surface area (Å²) >= 11 is 0. The van der Waals surface area contributed by atoms with Crippen molar-refractivity contribution in [3.05, 3.63) is 54.0 Å². The van der Waals surface area contributed by atoms with Crippen LogP contribution in [0.25, 0.3) is 11.0 Å². The Balaban J connectivity index is 1.48. The molecule has 0 aliphatic heterocycles. The van der Waals surface area contributed by atoms with Gasteiger partial charge in [-0.2, -0.15) is 5.10 Å². The van der Waals surface area contributed by atoms with Crippen LogP contribution in [0.2, 0.25) is 0 Å². The molecule has 2 N–H and O–H groups in total. The quantitative estimate of drug-likeness (QED) is 0.694. The number of hydrogen-bond acceptors (Lipinski definition) is 4. The Hall–Kier alpha value is -2.60. The van der Waals surface area contributed by atoms with Crippen LogP contribution in [0.4, 0.5) is 0 Å². The summed E-state index contributed by atoms with van der Waals surface area (Å²) in [7, 11) is 0. The topological polar surface area (TPSA) is 72.1 Å². The second kappa shape index (κ2) is 7.53. The maximum absolute atomic E-state index is 12.2. The number of benzene rings is 1. The third-order valence-electron chi connectivity index (χ3n) is 4.08. The van der Waals surface area contributed by atoms with Gasteiger partial charge in [0.15, 0.2) is 0 Å². The molecule has 0 spiro atoms. The van der Waals surface area contributed by atoms with Gasteiger partial charge >= 0.3 is 0 Å². The van der Waals surface area contributed by atoms with Crippen LogP contribution in [0.1, 0.15) is 31.2 Å². The molecule has 0 saturated carbocycles. The molecule has 0 aliphatic rings. The van der Waals surface area contributed by atoms with Gasteiger partial charge in [-0.3, -0.25) is 9.48 Å². The highest BCUT2D eigenvalue weighted by Crippen LogP contribution is 2.23. The molecule has 3 rings (SSSR count). The Morgan fingerprint density at radius 1 is 1.32 bits per heavy atom. The lowest BCUT2D eigenvalue weighted by Crippen LogP contribution is -2.40. The van der Waals surface area contributed by atoms with E-state index in [1.165, 1.54) is 0 Å². The molecule has 6 heteroatoms. The Morgan fingerprint density at radius 2 is 2.12 bits per heavy atom.